The number of benzene rings is 1. The highest BCUT2D eigenvalue weighted by Crippen LogP contribution is 2.50. The number of rotatable bonds is 3. The van der Waals surface area contributed by atoms with Crippen LogP contribution < -0.4 is 20.9 Å². The predicted octanol–water partition coefficient (Wildman–Crippen LogP) is 4.70. The molecule has 0 bridgehead atoms. The summed E-state index contributed by atoms with van der Waals surface area (Å²) in [4.78, 5) is 13.2. The number of aromatic nitrogens is 2. The second-order valence-corrected chi connectivity index (χ2v) is 9.12. The smallest absolute Gasteiger partial charge is 0.164 e. The maximum atomic E-state index is 6.31. The van der Waals surface area contributed by atoms with Gasteiger partial charge in [0.2, 0.25) is 0 Å². The van der Waals surface area contributed by atoms with Crippen molar-refractivity contribution in [2.45, 2.75) is 44.6 Å². The molecule has 1 saturated carbocycles. The highest BCUT2D eigenvalue weighted by atomic mass is 35.5. The fourth-order valence-corrected chi connectivity index (χ4v) is 5.66. The zero-order valence-corrected chi connectivity index (χ0v) is 18.0. The van der Waals surface area contributed by atoms with Gasteiger partial charge >= 0.3 is 0 Å². The van der Waals surface area contributed by atoms with Crippen LogP contribution in [-0.4, -0.2) is 29.1 Å². The van der Waals surface area contributed by atoms with E-state index in [1.54, 1.807) is 6.33 Å². The summed E-state index contributed by atoms with van der Waals surface area (Å²) < 4.78 is 0. The molecule has 0 spiro atoms. The quantitative estimate of drug-likeness (QED) is 0.744. The van der Waals surface area contributed by atoms with Crippen LogP contribution >= 0.6 is 11.6 Å². The van der Waals surface area contributed by atoms with Crippen LogP contribution in [0.3, 0.4) is 0 Å². The fraction of sp³-hybridized carbons (Fsp3) is 0.478. The lowest BCUT2D eigenvalue weighted by molar-refractivity contribution is 0.192. The summed E-state index contributed by atoms with van der Waals surface area (Å²) in [5.41, 5.74) is 8.11. The zero-order chi connectivity index (χ0) is 20.7. The van der Waals surface area contributed by atoms with E-state index in [0.717, 1.165) is 47.7 Å². The van der Waals surface area contributed by atoms with Gasteiger partial charge in [0.15, 0.2) is 11.6 Å². The molecule has 30 heavy (non-hydrogen) atoms. The Hall–Kier alpha value is -2.31. The Labute approximate surface area is 183 Å². The van der Waals surface area contributed by atoms with Crippen LogP contribution in [-0.2, 0) is 0 Å². The summed E-state index contributed by atoms with van der Waals surface area (Å²) in [6.07, 6.45) is 9.06. The van der Waals surface area contributed by atoms with Crippen LogP contribution in [0.1, 0.15) is 38.5 Å². The van der Waals surface area contributed by atoms with Crippen LogP contribution in [0.25, 0.3) is 0 Å². The van der Waals surface area contributed by atoms with Crippen molar-refractivity contribution in [2.24, 2.45) is 11.8 Å². The monoisotopic (exact) mass is 424 g/mol. The molecule has 6 nitrogen and oxygen atoms in total. The minimum absolute atomic E-state index is 0.390. The molecule has 1 aromatic heterocycles. The van der Waals surface area contributed by atoms with Crippen LogP contribution in [0.5, 0.6) is 0 Å². The van der Waals surface area contributed by atoms with E-state index in [2.05, 4.69) is 31.7 Å². The largest absolute Gasteiger partial charge is 0.382 e. The van der Waals surface area contributed by atoms with Gasteiger partial charge in [-0.1, -0.05) is 18.2 Å². The van der Waals surface area contributed by atoms with Crippen molar-refractivity contribution in [1.29, 1.82) is 0 Å². The predicted molar refractivity (Wildman–Crippen MR) is 123 cm³/mol. The molecule has 1 aliphatic carbocycles. The molecule has 7 heteroatoms. The molecule has 3 N–H and O–H groups in total. The molecule has 1 saturated heterocycles. The highest BCUT2D eigenvalue weighted by Gasteiger charge is 2.40. The molecule has 158 valence electrons. The third kappa shape index (κ3) is 3.42. The van der Waals surface area contributed by atoms with E-state index in [9.17, 15) is 0 Å². The van der Waals surface area contributed by atoms with Crippen LogP contribution in [0.2, 0.25) is 5.02 Å². The van der Waals surface area contributed by atoms with E-state index in [-0.39, 0.29) is 0 Å². The molecule has 0 atom stereocenters. The first kappa shape index (κ1) is 19.6. The number of nitrogens with one attached hydrogen (secondary N) is 1. The second-order valence-electron chi connectivity index (χ2n) is 8.69. The van der Waals surface area contributed by atoms with Gasteiger partial charge in [0.25, 0.3) is 0 Å². The van der Waals surface area contributed by atoms with E-state index < -0.39 is 0 Å². The lowest BCUT2D eigenvalue weighted by Crippen LogP contribution is -2.40. The number of hydrogen-bond donors (Lipinski definition) is 2. The van der Waals surface area contributed by atoms with Crippen molar-refractivity contribution in [3.63, 3.8) is 0 Å². The van der Waals surface area contributed by atoms with Gasteiger partial charge in [-0.3, -0.25) is 4.90 Å². The minimum atomic E-state index is 0.390. The zero-order valence-electron chi connectivity index (χ0n) is 17.2. The topological polar surface area (TPSA) is 70.3 Å². The molecular formula is C23H29ClN6. The minimum Gasteiger partial charge on any atom is -0.382 e. The normalized spacial score (nSPS) is 24.9. The van der Waals surface area contributed by atoms with E-state index in [0.29, 0.717) is 16.9 Å². The number of halogens is 1. The summed E-state index contributed by atoms with van der Waals surface area (Å²) in [7, 11) is 0. The fourth-order valence-electron chi connectivity index (χ4n) is 5.53. The number of nitrogen functional groups attached to an aromatic ring is 1. The maximum Gasteiger partial charge on any atom is 0.164 e. The van der Waals surface area contributed by atoms with Gasteiger partial charge in [-0.05, 0) is 87.7 Å². The Kier molecular flexibility index (Phi) is 5.29. The molecule has 5 rings (SSSR count). The Bertz CT molecular complexity index is 916. The first-order chi connectivity index (χ1) is 14.6. The SMILES string of the molecule is C=C1N(c2ccc(Cl)cc2)c2c(N)ncnc2N1C1CCC(C2CCNCC2)CC1. The third-order valence-corrected chi connectivity index (χ3v) is 7.31. The molecule has 0 unspecified atom stereocenters. The maximum absolute atomic E-state index is 6.31. The Morgan fingerprint density at radius 1 is 0.967 bits per heavy atom. The van der Waals surface area contributed by atoms with E-state index in [4.69, 9.17) is 17.3 Å². The van der Waals surface area contributed by atoms with Crippen LogP contribution in [0, 0.1) is 11.8 Å². The molecule has 3 aliphatic rings. The Morgan fingerprint density at radius 2 is 1.63 bits per heavy atom. The van der Waals surface area contributed by atoms with Crippen molar-refractivity contribution < 1.29 is 0 Å². The van der Waals surface area contributed by atoms with Gasteiger partial charge in [0, 0.05) is 16.8 Å². The summed E-state index contributed by atoms with van der Waals surface area (Å²) >= 11 is 6.11. The molecule has 1 aromatic carbocycles. The molecule has 3 heterocycles. The highest BCUT2D eigenvalue weighted by molar-refractivity contribution is 6.30. The first-order valence-electron chi connectivity index (χ1n) is 11.0. The van der Waals surface area contributed by atoms with Crippen molar-refractivity contribution >= 4 is 34.6 Å². The molecule has 2 fully saturated rings. The summed E-state index contributed by atoms with van der Waals surface area (Å²) in [5, 5.41) is 4.20. The van der Waals surface area contributed by atoms with E-state index >= 15 is 0 Å². The van der Waals surface area contributed by atoms with Gasteiger partial charge in [-0.15, -0.1) is 0 Å². The van der Waals surface area contributed by atoms with Crippen molar-refractivity contribution in [3.8, 4) is 0 Å². The van der Waals surface area contributed by atoms with Crippen molar-refractivity contribution in [2.75, 3.05) is 28.6 Å². The van der Waals surface area contributed by atoms with E-state index in [1.165, 1.54) is 38.8 Å². The lowest BCUT2D eigenvalue weighted by Gasteiger charge is -2.39. The number of anilines is 4. The van der Waals surface area contributed by atoms with Gasteiger partial charge in [-0.25, -0.2) is 9.97 Å². The summed E-state index contributed by atoms with van der Waals surface area (Å²) in [6.45, 7) is 6.79. The average Bonchev–Trinajstić information content (AvgIpc) is 3.08. The number of piperidine rings is 1. The van der Waals surface area contributed by atoms with E-state index in [1.807, 2.05) is 24.3 Å². The third-order valence-electron chi connectivity index (χ3n) is 7.06. The van der Waals surface area contributed by atoms with Gasteiger partial charge in [-0.2, -0.15) is 0 Å². The van der Waals surface area contributed by atoms with Gasteiger partial charge in [0.1, 0.15) is 17.8 Å². The second kappa shape index (κ2) is 8.08. The number of nitrogens with two attached hydrogens (primary N) is 1. The Morgan fingerprint density at radius 3 is 2.33 bits per heavy atom. The molecule has 2 aliphatic heterocycles. The van der Waals surface area contributed by atoms with Crippen LogP contribution in [0.4, 0.5) is 23.0 Å². The summed E-state index contributed by atoms with van der Waals surface area (Å²) in [6, 6.07) is 8.14. The molecule has 0 radical (unpaired) electrons. The number of nitrogens with zero attached hydrogens (tertiary/aromatic N) is 4. The Balaban J connectivity index is 1.40. The van der Waals surface area contributed by atoms with Crippen LogP contribution in [0.15, 0.2) is 43.0 Å². The molecule has 0 amide bonds. The first-order valence-corrected chi connectivity index (χ1v) is 11.4. The summed E-state index contributed by atoms with van der Waals surface area (Å²) in [5.74, 6) is 3.96. The average molecular weight is 425 g/mol. The van der Waals surface area contributed by atoms with Gasteiger partial charge < -0.3 is 16.0 Å². The lowest BCUT2D eigenvalue weighted by atomic mass is 9.74. The molecular weight excluding hydrogens is 396 g/mol. The van der Waals surface area contributed by atoms with Gasteiger partial charge in [0.05, 0.1) is 0 Å². The number of fused-ring (bicyclic) bond motifs is 1. The molecule has 2 aromatic rings. The number of hydrogen-bond acceptors (Lipinski definition) is 6. The standard InChI is InChI=1S/C23H29ClN6/c1-15-29(19-8-4-18(24)5-9-19)21-22(25)27-14-28-23(21)30(15)20-6-2-16(3-7-20)17-10-12-26-13-11-17/h4-5,8-9,14,16-17,20,26H,1-3,6-7,10-13H2,(H2,25,27,28). The van der Waals surface area contributed by atoms with Crippen molar-refractivity contribution in [1.82, 2.24) is 15.3 Å². The van der Waals surface area contributed by atoms with Crippen molar-refractivity contribution in [3.05, 3.63) is 48.0 Å².